The van der Waals surface area contributed by atoms with Crippen LogP contribution in [0.2, 0.25) is 10.0 Å². The molecule has 7 nitrogen and oxygen atoms in total. The summed E-state index contributed by atoms with van der Waals surface area (Å²) in [6, 6.07) is 11.2. The molecule has 1 aromatic heterocycles. The van der Waals surface area contributed by atoms with Crippen LogP contribution in [0.1, 0.15) is 17.7 Å². The van der Waals surface area contributed by atoms with Gasteiger partial charge in [0.15, 0.2) is 0 Å². The minimum atomic E-state index is -3.78. The third-order valence-corrected chi connectivity index (χ3v) is 6.43. The van der Waals surface area contributed by atoms with Crippen LogP contribution in [0.3, 0.4) is 0 Å². The van der Waals surface area contributed by atoms with E-state index in [2.05, 4.69) is 25.0 Å². The number of H-pyrrole nitrogens is 1. The fourth-order valence-electron chi connectivity index (χ4n) is 3.18. The lowest BCUT2D eigenvalue weighted by molar-refractivity contribution is 0.601. The minimum absolute atomic E-state index is 0.126. The van der Waals surface area contributed by atoms with Gasteiger partial charge < -0.3 is 4.90 Å². The molecule has 146 valence electrons. The normalized spacial score (nSPS) is 14.0. The number of sulfonamides is 1. The van der Waals surface area contributed by atoms with Crippen LogP contribution in [-0.4, -0.2) is 30.4 Å². The van der Waals surface area contributed by atoms with Gasteiger partial charge in [-0.05, 0) is 54.8 Å². The largest absolute Gasteiger partial charge is 0.351 e. The second-order valence-corrected chi connectivity index (χ2v) is 9.05. The molecule has 0 saturated heterocycles. The number of aryl methyl sites for hydroxylation is 1. The highest BCUT2D eigenvalue weighted by molar-refractivity contribution is 7.92. The monoisotopic (exact) mass is 437 g/mol. The highest BCUT2D eigenvalue weighted by Crippen LogP contribution is 2.29. The lowest BCUT2D eigenvalue weighted by atomic mass is 10.1. The van der Waals surface area contributed by atoms with Gasteiger partial charge in [-0.25, -0.2) is 13.5 Å². The van der Waals surface area contributed by atoms with Gasteiger partial charge in [0.2, 0.25) is 0 Å². The van der Waals surface area contributed by atoms with Gasteiger partial charge in [0, 0.05) is 23.1 Å². The highest BCUT2D eigenvalue weighted by atomic mass is 35.5. The number of hydrogen-bond donors (Lipinski definition) is 2. The number of aromatic nitrogens is 3. The Kier molecular flexibility index (Phi) is 5.18. The molecule has 0 unspecified atom stereocenters. The summed E-state index contributed by atoms with van der Waals surface area (Å²) < 4.78 is 28.2. The number of anilines is 2. The summed E-state index contributed by atoms with van der Waals surface area (Å²) in [4.78, 5) is 2.23. The molecular weight excluding hydrogens is 421 g/mol. The third kappa shape index (κ3) is 3.94. The van der Waals surface area contributed by atoms with E-state index in [1.807, 2.05) is 6.07 Å². The van der Waals surface area contributed by atoms with E-state index in [0.717, 1.165) is 36.5 Å². The Morgan fingerprint density at radius 2 is 1.86 bits per heavy atom. The van der Waals surface area contributed by atoms with Crippen molar-refractivity contribution >= 4 is 44.7 Å². The fraction of sp³-hybridized carbons (Fsp3) is 0.222. The number of nitrogens with one attached hydrogen (secondary N) is 2. The molecule has 1 aliphatic heterocycles. The smallest absolute Gasteiger partial charge is 0.261 e. The molecule has 2 N–H and O–H groups in total. The zero-order valence-electron chi connectivity index (χ0n) is 14.7. The minimum Gasteiger partial charge on any atom is -0.351 e. The molecule has 0 fully saturated rings. The molecular formula is C18H17Cl2N5O2S. The third-order valence-electron chi connectivity index (χ3n) is 4.56. The quantitative estimate of drug-likeness (QED) is 0.631. The molecule has 0 aliphatic carbocycles. The molecule has 0 radical (unpaired) electrons. The fourth-order valence-corrected chi connectivity index (χ4v) is 4.57. The van der Waals surface area contributed by atoms with Crippen LogP contribution in [0.25, 0.3) is 0 Å². The van der Waals surface area contributed by atoms with Crippen LogP contribution in [0, 0.1) is 0 Å². The van der Waals surface area contributed by atoms with Crippen molar-refractivity contribution in [3.05, 3.63) is 63.8 Å². The second-order valence-electron chi connectivity index (χ2n) is 6.49. The van der Waals surface area contributed by atoms with Crippen molar-refractivity contribution in [2.45, 2.75) is 24.3 Å². The van der Waals surface area contributed by atoms with Gasteiger partial charge in [-0.15, -0.1) is 5.10 Å². The Morgan fingerprint density at radius 1 is 1.11 bits per heavy atom. The predicted molar refractivity (Wildman–Crippen MR) is 109 cm³/mol. The molecule has 1 aliphatic rings. The van der Waals surface area contributed by atoms with E-state index < -0.39 is 10.0 Å². The van der Waals surface area contributed by atoms with Crippen molar-refractivity contribution in [1.29, 1.82) is 0 Å². The number of aromatic amines is 1. The van der Waals surface area contributed by atoms with Crippen molar-refractivity contribution in [1.82, 2.24) is 15.4 Å². The molecule has 0 amide bonds. The standard InChI is InChI=1S/C18H17Cl2N5O2S/c19-13-5-7-15(8-6-13)28(26,27)23-17-10-14(20)4-3-12(17)11-25-9-1-2-16-18(25)22-24-21-16/h3-8,10,23H,1-2,9,11H2,(H,21,22,24). The molecule has 28 heavy (non-hydrogen) atoms. The molecule has 10 heteroatoms. The van der Waals surface area contributed by atoms with E-state index in [0.29, 0.717) is 22.3 Å². The van der Waals surface area contributed by atoms with E-state index in [-0.39, 0.29) is 4.90 Å². The molecule has 0 saturated carbocycles. The number of nitrogens with zero attached hydrogens (tertiary/aromatic N) is 3. The Hall–Kier alpha value is -2.29. The summed E-state index contributed by atoms with van der Waals surface area (Å²) in [7, 11) is -3.78. The maximum Gasteiger partial charge on any atom is 0.261 e. The maximum atomic E-state index is 12.8. The Labute approximate surface area is 172 Å². The number of fused-ring (bicyclic) bond motifs is 1. The first-order chi connectivity index (χ1) is 13.4. The second kappa shape index (κ2) is 7.62. The van der Waals surface area contributed by atoms with Gasteiger partial charge in [-0.2, -0.15) is 0 Å². The van der Waals surface area contributed by atoms with Crippen LogP contribution in [0.4, 0.5) is 11.5 Å². The molecule has 3 aromatic rings. The van der Waals surface area contributed by atoms with E-state index in [1.54, 1.807) is 12.1 Å². The number of rotatable bonds is 5. The van der Waals surface area contributed by atoms with E-state index >= 15 is 0 Å². The average molecular weight is 438 g/mol. The van der Waals surface area contributed by atoms with Crippen LogP contribution >= 0.6 is 23.2 Å². The van der Waals surface area contributed by atoms with Gasteiger partial charge in [0.25, 0.3) is 10.0 Å². The molecule has 4 rings (SSSR count). The molecule has 0 spiro atoms. The van der Waals surface area contributed by atoms with Gasteiger partial charge >= 0.3 is 0 Å². The molecule has 0 bridgehead atoms. The summed E-state index contributed by atoms with van der Waals surface area (Å²) in [5, 5.41) is 11.8. The van der Waals surface area contributed by atoms with E-state index in [4.69, 9.17) is 23.2 Å². The summed E-state index contributed by atoms with van der Waals surface area (Å²) in [6.07, 6.45) is 1.83. The van der Waals surface area contributed by atoms with Crippen LogP contribution < -0.4 is 9.62 Å². The Balaban J connectivity index is 1.64. The van der Waals surface area contributed by atoms with Crippen LogP contribution in [0.5, 0.6) is 0 Å². The summed E-state index contributed by atoms with van der Waals surface area (Å²) in [5.74, 6) is 0.868. The van der Waals surface area contributed by atoms with Gasteiger partial charge in [0.1, 0.15) is 11.5 Å². The zero-order valence-corrected chi connectivity index (χ0v) is 17.0. The lowest BCUT2D eigenvalue weighted by Crippen LogP contribution is -2.29. The predicted octanol–water partition coefficient (Wildman–Crippen LogP) is 3.87. The number of hydrogen-bond acceptors (Lipinski definition) is 5. The Morgan fingerprint density at radius 3 is 2.64 bits per heavy atom. The number of benzene rings is 2. The van der Waals surface area contributed by atoms with Crippen molar-refractivity contribution in [3.63, 3.8) is 0 Å². The summed E-state index contributed by atoms with van der Waals surface area (Å²) in [6.45, 7) is 1.31. The SMILES string of the molecule is O=S(=O)(Nc1cc(Cl)ccc1CN1CCCc2nn[nH]c21)c1ccc(Cl)cc1. The summed E-state index contributed by atoms with van der Waals surface area (Å²) >= 11 is 12.0. The number of halogens is 2. The molecule has 2 heterocycles. The first-order valence-electron chi connectivity index (χ1n) is 8.64. The van der Waals surface area contributed by atoms with Crippen LogP contribution in [-0.2, 0) is 23.0 Å². The molecule has 2 aromatic carbocycles. The van der Waals surface area contributed by atoms with Crippen molar-refractivity contribution in [2.75, 3.05) is 16.2 Å². The molecule has 0 atom stereocenters. The maximum absolute atomic E-state index is 12.8. The van der Waals surface area contributed by atoms with Gasteiger partial charge in [-0.3, -0.25) is 4.72 Å². The lowest BCUT2D eigenvalue weighted by Gasteiger charge is -2.28. The average Bonchev–Trinajstić information content (AvgIpc) is 3.14. The van der Waals surface area contributed by atoms with Crippen LogP contribution in [0.15, 0.2) is 47.4 Å². The Bertz CT molecular complexity index is 1100. The first kappa shape index (κ1) is 19.0. The van der Waals surface area contributed by atoms with Crippen molar-refractivity contribution < 1.29 is 8.42 Å². The van der Waals surface area contributed by atoms with Crippen molar-refractivity contribution in [2.24, 2.45) is 0 Å². The summed E-state index contributed by atoms with van der Waals surface area (Å²) in [5.41, 5.74) is 2.15. The van der Waals surface area contributed by atoms with E-state index in [1.165, 1.54) is 24.3 Å². The zero-order chi connectivity index (χ0) is 19.7. The topological polar surface area (TPSA) is 91.0 Å². The van der Waals surface area contributed by atoms with Crippen molar-refractivity contribution in [3.8, 4) is 0 Å². The highest BCUT2D eigenvalue weighted by Gasteiger charge is 2.22. The first-order valence-corrected chi connectivity index (χ1v) is 10.9. The van der Waals surface area contributed by atoms with Gasteiger partial charge in [-0.1, -0.05) is 34.5 Å². The van der Waals surface area contributed by atoms with E-state index in [9.17, 15) is 8.42 Å². The van der Waals surface area contributed by atoms with Gasteiger partial charge in [0.05, 0.1) is 10.6 Å².